The van der Waals surface area contributed by atoms with E-state index in [-0.39, 0.29) is 5.78 Å². The molecule has 0 unspecified atom stereocenters. The third kappa shape index (κ3) is 2.05. The average Bonchev–Trinajstić information content (AvgIpc) is 2.40. The molecule has 1 heterocycles. The zero-order chi connectivity index (χ0) is 12.4. The largest absolute Gasteiger partial charge is 0.460 e. The van der Waals surface area contributed by atoms with Gasteiger partial charge in [0.1, 0.15) is 11.5 Å². The van der Waals surface area contributed by atoms with Crippen molar-refractivity contribution in [3.8, 4) is 5.75 Å². The van der Waals surface area contributed by atoms with Gasteiger partial charge >= 0.3 is 0 Å². The third-order valence-corrected chi connectivity index (χ3v) is 2.89. The van der Waals surface area contributed by atoms with E-state index in [0.717, 1.165) is 5.56 Å². The Kier molecular flexibility index (Phi) is 2.69. The van der Waals surface area contributed by atoms with Gasteiger partial charge < -0.3 is 4.74 Å². The molecule has 0 saturated heterocycles. The number of ketones is 1. The fourth-order valence-corrected chi connectivity index (χ4v) is 2.03. The van der Waals surface area contributed by atoms with Gasteiger partial charge in [-0.15, -0.1) is 0 Å². The molecule has 0 aliphatic carbocycles. The van der Waals surface area contributed by atoms with E-state index >= 15 is 0 Å². The van der Waals surface area contributed by atoms with Crippen LogP contribution in [0.2, 0.25) is 0 Å². The summed E-state index contributed by atoms with van der Waals surface area (Å²) >= 11 is 0. The number of carbonyl (C=O) groups excluding carboxylic acids is 1. The maximum Gasteiger partial charge on any atom is 0.174 e. The van der Waals surface area contributed by atoms with Crippen LogP contribution in [0.4, 0.5) is 0 Å². The summed E-state index contributed by atoms with van der Waals surface area (Å²) in [6, 6.07) is 17.2. The van der Waals surface area contributed by atoms with Gasteiger partial charge in [0.15, 0.2) is 5.78 Å². The molecular formula is C16H12O2. The Morgan fingerprint density at radius 1 is 0.944 bits per heavy atom. The summed E-state index contributed by atoms with van der Waals surface area (Å²) in [6.07, 6.45) is 2.24. The van der Waals surface area contributed by atoms with Crippen molar-refractivity contribution in [3.63, 3.8) is 0 Å². The van der Waals surface area contributed by atoms with Crippen molar-refractivity contribution >= 4 is 11.9 Å². The number of rotatable bonds is 1. The smallest absolute Gasteiger partial charge is 0.174 e. The summed E-state index contributed by atoms with van der Waals surface area (Å²) < 4.78 is 5.75. The lowest BCUT2D eigenvalue weighted by atomic mass is 10.0. The van der Waals surface area contributed by atoms with Crippen molar-refractivity contribution in [2.24, 2.45) is 0 Å². The van der Waals surface area contributed by atoms with E-state index in [0.29, 0.717) is 23.5 Å². The molecule has 1 aliphatic heterocycles. The number of carbonyl (C=O) groups is 1. The van der Waals surface area contributed by atoms with Crippen molar-refractivity contribution < 1.29 is 9.53 Å². The fourth-order valence-electron chi connectivity index (χ4n) is 2.03. The number of benzene rings is 2. The second-order valence-corrected chi connectivity index (χ2v) is 4.22. The van der Waals surface area contributed by atoms with Crippen LogP contribution < -0.4 is 4.74 Å². The van der Waals surface area contributed by atoms with E-state index in [4.69, 9.17) is 4.74 Å². The number of Topliss-reactive ketones (excluding diaryl/α,β-unsaturated/α-hetero) is 1. The summed E-state index contributed by atoms with van der Waals surface area (Å²) in [4.78, 5) is 12.0. The van der Waals surface area contributed by atoms with Crippen LogP contribution in [0.25, 0.3) is 6.08 Å². The zero-order valence-corrected chi connectivity index (χ0v) is 9.80. The van der Waals surface area contributed by atoms with Crippen molar-refractivity contribution in [1.29, 1.82) is 0 Å². The lowest BCUT2D eigenvalue weighted by molar-refractivity contribution is 0.0965. The Morgan fingerprint density at radius 2 is 1.67 bits per heavy atom. The van der Waals surface area contributed by atoms with Crippen LogP contribution in [0.3, 0.4) is 0 Å². The molecular weight excluding hydrogens is 224 g/mol. The molecule has 0 bridgehead atoms. The van der Waals surface area contributed by atoms with Crippen molar-refractivity contribution in [2.45, 2.75) is 6.42 Å². The highest BCUT2D eigenvalue weighted by Gasteiger charge is 2.21. The minimum absolute atomic E-state index is 0.110. The average molecular weight is 236 g/mol. The Bertz CT molecular complexity index is 612. The first kappa shape index (κ1) is 10.8. The van der Waals surface area contributed by atoms with E-state index in [1.807, 2.05) is 54.6 Å². The quantitative estimate of drug-likeness (QED) is 0.754. The zero-order valence-electron chi connectivity index (χ0n) is 9.80. The van der Waals surface area contributed by atoms with Crippen LogP contribution >= 0.6 is 0 Å². The highest BCUT2D eigenvalue weighted by Crippen LogP contribution is 2.29. The molecule has 1 aliphatic rings. The normalized spacial score (nSPS) is 16.2. The van der Waals surface area contributed by atoms with Crippen LogP contribution in [0.1, 0.15) is 22.3 Å². The predicted octanol–water partition coefficient (Wildman–Crippen LogP) is 3.69. The number of ether oxygens (including phenoxy) is 1. The first-order valence-electron chi connectivity index (χ1n) is 5.88. The summed E-state index contributed by atoms with van der Waals surface area (Å²) in [5.74, 6) is 1.46. The minimum atomic E-state index is 0.110. The Morgan fingerprint density at radius 3 is 2.50 bits per heavy atom. The molecule has 0 N–H and O–H groups in total. The van der Waals surface area contributed by atoms with Crippen molar-refractivity contribution in [2.75, 3.05) is 0 Å². The molecule has 0 amide bonds. The second kappa shape index (κ2) is 4.49. The van der Waals surface area contributed by atoms with Crippen LogP contribution in [-0.4, -0.2) is 5.78 Å². The molecule has 2 aromatic rings. The van der Waals surface area contributed by atoms with Crippen LogP contribution in [0, 0.1) is 0 Å². The van der Waals surface area contributed by atoms with Gasteiger partial charge in [-0.05, 0) is 23.8 Å². The molecule has 0 spiro atoms. The van der Waals surface area contributed by atoms with E-state index in [9.17, 15) is 4.79 Å². The molecule has 3 rings (SSSR count). The first-order chi connectivity index (χ1) is 8.83. The highest BCUT2D eigenvalue weighted by atomic mass is 16.5. The molecule has 0 radical (unpaired) electrons. The first-order valence-corrected chi connectivity index (χ1v) is 5.88. The second-order valence-electron chi connectivity index (χ2n) is 4.22. The molecule has 2 aromatic carbocycles. The summed E-state index contributed by atoms with van der Waals surface area (Å²) in [5.41, 5.74) is 1.71. The Balaban J connectivity index is 1.95. The van der Waals surface area contributed by atoms with Gasteiger partial charge in [0, 0.05) is 0 Å². The van der Waals surface area contributed by atoms with E-state index in [2.05, 4.69) is 0 Å². The molecule has 2 heteroatoms. The Labute approximate surface area is 106 Å². The molecule has 0 saturated carbocycles. The maximum absolute atomic E-state index is 12.0. The molecule has 0 atom stereocenters. The number of fused-ring (bicyclic) bond motifs is 1. The van der Waals surface area contributed by atoms with Gasteiger partial charge in [0.2, 0.25) is 0 Å². The van der Waals surface area contributed by atoms with Crippen LogP contribution in [-0.2, 0) is 0 Å². The van der Waals surface area contributed by atoms with Gasteiger partial charge in [0.05, 0.1) is 12.0 Å². The molecule has 0 fully saturated rings. The van der Waals surface area contributed by atoms with Crippen LogP contribution in [0.15, 0.2) is 60.4 Å². The van der Waals surface area contributed by atoms with E-state index in [1.165, 1.54) is 0 Å². The monoisotopic (exact) mass is 236 g/mol. The highest BCUT2D eigenvalue weighted by molar-refractivity contribution is 6.01. The number of hydrogen-bond donors (Lipinski definition) is 0. The molecule has 2 nitrogen and oxygen atoms in total. The number of allylic oxidation sites excluding steroid dienone is 1. The topological polar surface area (TPSA) is 26.3 Å². The summed E-state index contributed by atoms with van der Waals surface area (Å²) in [7, 11) is 0. The molecule has 18 heavy (non-hydrogen) atoms. The standard InChI is InChI=1S/C16H12O2/c17-15-11-13(10-12-6-2-1-3-7-12)18-16-9-5-4-8-14(15)16/h1-10H,11H2. The van der Waals surface area contributed by atoms with Crippen molar-refractivity contribution in [3.05, 3.63) is 71.5 Å². The van der Waals surface area contributed by atoms with Gasteiger partial charge in [-0.25, -0.2) is 0 Å². The third-order valence-electron chi connectivity index (χ3n) is 2.89. The lowest BCUT2D eigenvalue weighted by Crippen LogP contribution is -2.13. The summed E-state index contributed by atoms with van der Waals surface area (Å²) in [5, 5.41) is 0. The molecule has 88 valence electrons. The molecule has 0 aromatic heterocycles. The SMILES string of the molecule is O=C1CC(=Cc2ccccc2)Oc2ccccc21. The lowest BCUT2D eigenvalue weighted by Gasteiger charge is -2.18. The minimum Gasteiger partial charge on any atom is -0.460 e. The fraction of sp³-hybridized carbons (Fsp3) is 0.0625. The van der Waals surface area contributed by atoms with E-state index in [1.54, 1.807) is 6.07 Å². The maximum atomic E-state index is 12.0. The van der Waals surface area contributed by atoms with Gasteiger partial charge in [-0.2, -0.15) is 0 Å². The van der Waals surface area contributed by atoms with Gasteiger partial charge in [0.25, 0.3) is 0 Å². The number of para-hydroxylation sites is 1. The number of hydrogen-bond acceptors (Lipinski definition) is 2. The van der Waals surface area contributed by atoms with Gasteiger partial charge in [-0.3, -0.25) is 4.79 Å². The summed E-state index contributed by atoms with van der Waals surface area (Å²) in [6.45, 7) is 0. The van der Waals surface area contributed by atoms with E-state index < -0.39 is 0 Å². The van der Waals surface area contributed by atoms with Gasteiger partial charge in [-0.1, -0.05) is 42.5 Å². The Hall–Kier alpha value is -2.35. The predicted molar refractivity (Wildman–Crippen MR) is 70.4 cm³/mol. The van der Waals surface area contributed by atoms with Crippen LogP contribution in [0.5, 0.6) is 5.75 Å². The van der Waals surface area contributed by atoms with Crippen molar-refractivity contribution in [1.82, 2.24) is 0 Å².